The van der Waals surface area contributed by atoms with E-state index in [1.165, 1.54) is 57.8 Å². The number of aliphatic carboxylic acids is 1. The van der Waals surface area contributed by atoms with Crippen molar-refractivity contribution < 1.29 is 9.90 Å². The number of hydrogen-bond acceptors (Lipinski definition) is 1. The van der Waals surface area contributed by atoms with Crippen molar-refractivity contribution in [3.05, 3.63) is 0 Å². The molecule has 2 heteroatoms. The molecule has 0 aliphatic heterocycles. The van der Waals surface area contributed by atoms with Gasteiger partial charge in [-0.1, -0.05) is 91.9 Å². The fourth-order valence-corrected chi connectivity index (χ4v) is 3.58. The Morgan fingerprint density at radius 3 is 1.95 bits per heavy atom. The van der Waals surface area contributed by atoms with Crippen molar-refractivity contribution in [2.75, 3.05) is 0 Å². The molecule has 132 valence electrons. The second kappa shape index (κ2) is 14.1. The molecule has 0 aliphatic rings. The van der Waals surface area contributed by atoms with Crippen LogP contribution in [-0.2, 0) is 4.79 Å². The second-order valence-corrected chi connectivity index (χ2v) is 7.14. The standard InChI is InChI=1S/C20H40O2/c1-5-8-9-10-11-12-15-19(20(21)22)16-18(14-7-3)17(4)13-6-2/h17-19H,5-16H2,1-4H3,(H,21,22). The summed E-state index contributed by atoms with van der Waals surface area (Å²) < 4.78 is 0. The van der Waals surface area contributed by atoms with Gasteiger partial charge in [0.15, 0.2) is 0 Å². The lowest BCUT2D eigenvalue weighted by atomic mass is 9.79. The molecule has 0 radical (unpaired) electrons. The summed E-state index contributed by atoms with van der Waals surface area (Å²) in [4.78, 5) is 11.6. The molecule has 0 aromatic carbocycles. The number of carbonyl (C=O) groups is 1. The van der Waals surface area contributed by atoms with Crippen LogP contribution in [0.2, 0.25) is 0 Å². The molecule has 2 nitrogen and oxygen atoms in total. The van der Waals surface area contributed by atoms with Crippen molar-refractivity contribution >= 4 is 5.97 Å². The predicted octanol–water partition coefficient (Wildman–Crippen LogP) is 6.68. The summed E-state index contributed by atoms with van der Waals surface area (Å²) in [5.41, 5.74) is 0. The zero-order valence-corrected chi connectivity index (χ0v) is 15.6. The van der Waals surface area contributed by atoms with Crippen molar-refractivity contribution in [1.29, 1.82) is 0 Å². The van der Waals surface area contributed by atoms with Crippen molar-refractivity contribution in [2.24, 2.45) is 17.8 Å². The zero-order valence-electron chi connectivity index (χ0n) is 15.6. The van der Waals surface area contributed by atoms with Crippen molar-refractivity contribution in [1.82, 2.24) is 0 Å². The van der Waals surface area contributed by atoms with Crippen LogP contribution in [0.4, 0.5) is 0 Å². The van der Waals surface area contributed by atoms with E-state index in [4.69, 9.17) is 0 Å². The van der Waals surface area contributed by atoms with Crippen LogP contribution in [0.3, 0.4) is 0 Å². The summed E-state index contributed by atoms with van der Waals surface area (Å²) in [5.74, 6) is 0.558. The van der Waals surface area contributed by atoms with Gasteiger partial charge in [0.2, 0.25) is 0 Å². The Morgan fingerprint density at radius 2 is 1.41 bits per heavy atom. The number of carboxylic acids is 1. The summed E-state index contributed by atoms with van der Waals surface area (Å²) >= 11 is 0. The lowest BCUT2D eigenvalue weighted by Crippen LogP contribution is -2.22. The summed E-state index contributed by atoms with van der Waals surface area (Å²) in [6.07, 6.45) is 14.0. The minimum atomic E-state index is -0.571. The highest BCUT2D eigenvalue weighted by Crippen LogP contribution is 2.30. The maximum Gasteiger partial charge on any atom is 0.306 e. The highest BCUT2D eigenvalue weighted by Gasteiger charge is 2.25. The first-order valence-electron chi connectivity index (χ1n) is 9.79. The van der Waals surface area contributed by atoms with Crippen LogP contribution >= 0.6 is 0 Å². The number of hydrogen-bond donors (Lipinski definition) is 1. The van der Waals surface area contributed by atoms with E-state index in [1.807, 2.05) is 0 Å². The molecule has 0 amide bonds. The van der Waals surface area contributed by atoms with Gasteiger partial charge in [0.1, 0.15) is 0 Å². The highest BCUT2D eigenvalue weighted by atomic mass is 16.4. The van der Waals surface area contributed by atoms with Crippen molar-refractivity contribution in [3.63, 3.8) is 0 Å². The van der Waals surface area contributed by atoms with E-state index in [0.29, 0.717) is 11.8 Å². The van der Waals surface area contributed by atoms with Gasteiger partial charge < -0.3 is 5.11 Å². The van der Waals surface area contributed by atoms with Crippen LogP contribution in [0.15, 0.2) is 0 Å². The van der Waals surface area contributed by atoms with Crippen LogP contribution in [0.5, 0.6) is 0 Å². The first-order valence-corrected chi connectivity index (χ1v) is 9.79. The smallest absolute Gasteiger partial charge is 0.306 e. The Balaban J connectivity index is 4.25. The predicted molar refractivity (Wildman–Crippen MR) is 96.2 cm³/mol. The highest BCUT2D eigenvalue weighted by molar-refractivity contribution is 5.69. The molecule has 0 aromatic heterocycles. The molecule has 1 N–H and O–H groups in total. The summed E-state index contributed by atoms with van der Waals surface area (Å²) in [6.45, 7) is 8.99. The normalized spacial score (nSPS) is 15.5. The average Bonchev–Trinajstić information content (AvgIpc) is 2.48. The van der Waals surface area contributed by atoms with Crippen LogP contribution in [0.25, 0.3) is 0 Å². The molecule has 0 spiro atoms. The van der Waals surface area contributed by atoms with Gasteiger partial charge in [-0.15, -0.1) is 0 Å². The van der Waals surface area contributed by atoms with Gasteiger partial charge in [-0.05, 0) is 24.7 Å². The van der Waals surface area contributed by atoms with E-state index < -0.39 is 5.97 Å². The number of unbranched alkanes of at least 4 members (excludes halogenated alkanes) is 5. The molecule has 0 saturated heterocycles. The topological polar surface area (TPSA) is 37.3 Å². The maximum absolute atomic E-state index is 11.6. The van der Waals surface area contributed by atoms with Gasteiger partial charge >= 0.3 is 5.97 Å². The molecule has 0 heterocycles. The number of carboxylic acid groups (broad SMARTS) is 1. The molecule has 0 rings (SSSR count). The molecule has 3 atom stereocenters. The molecule has 0 aromatic rings. The third-order valence-electron chi connectivity index (χ3n) is 5.05. The van der Waals surface area contributed by atoms with Gasteiger partial charge in [0.25, 0.3) is 0 Å². The van der Waals surface area contributed by atoms with E-state index in [9.17, 15) is 9.90 Å². The lowest BCUT2D eigenvalue weighted by molar-refractivity contribution is -0.142. The van der Waals surface area contributed by atoms with Gasteiger partial charge in [0, 0.05) is 0 Å². The summed E-state index contributed by atoms with van der Waals surface area (Å²) in [5, 5.41) is 9.54. The molecular formula is C20H40O2. The van der Waals surface area contributed by atoms with E-state index in [1.54, 1.807) is 0 Å². The van der Waals surface area contributed by atoms with E-state index in [0.717, 1.165) is 19.3 Å². The fourth-order valence-electron chi connectivity index (χ4n) is 3.58. The molecule has 0 fully saturated rings. The van der Waals surface area contributed by atoms with E-state index in [-0.39, 0.29) is 5.92 Å². The van der Waals surface area contributed by atoms with Crippen LogP contribution in [0, 0.1) is 17.8 Å². The third-order valence-corrected chi connectivity index (χ3v) is 5.05. The van der Waals surface area contributed by atoms with Crippen molar-refractivity contribution in [3.8, 4) is 0 Å². The quantitative estimate of drug-likeness (QED) is 0.342. The zero-order chi connectivity index (χ0) is 16.8. The van der Waals surface area contributed by atoms with Gasteiger partial charge in [-0.25, -0.2) is 0 Å². The number of rotatable bonds is 15. The first-order chi connectivity index (χ1) is 10.6. The minimum Gasteiger partial charge on any atom is -0.481 e. The Labute approximate surface area is 139 Å². The maximum atomic E-state index is 11.6. The first kappa shape index (κ1) is 21.5. The van der Waals surface area contributed by atoms with E-state index in [2.05, 4.69) is 27.7 Å². The molecule has 0 aliphatic carbocycles. The SMILES string of the molecule is CCCCCCCCC(CC(CCC)C(C)CCC)C(=O)O. The van der Waals surface area contributed by atoms with Gasteiger partial charge in [-0.2, -0.15) is 0 Å². The Kier molecular flexibility index (Phi) is 13.7. The Hall–Kier alpha value is -0.530. The molecule has 22 heavy (non-hydrogen) atoms. The summed E-state index contributed by atoms with van der Waals surface area (Å²) in [7, 11) is 0. The van der Waals surface area contributed by atoms with Gasteiger partial charge in [0.05, 0.1) is 5.92 Å². The van der Waals surface area contributed by atoms with Gasteiger partial charge in [-0.3, -0.25) is 4.79 Å². The largest absolute Gasteiger partial charge is 0.481 e. The minimum absolute atomic E-state index is 0.123. The van der Waals surface area contributed by atoms with Crippen LogP contribution in [-0.4, -0.2) is 11.1 Å². The molecule has 0 bridgehead atoms. The van der Waals surface area contributed by atoms with Crippen LogP contribution in [0.1, 0.15) is 105 Å². The molecule has 3 unspecified atom stereocenters. The lowest BCUT2D eigenvalue weighted by Gasteiger charge is -2.26. The van der Waals surface area contributed by atoms with Crippen molar-refractivity contribution in [2.45, 2.75) is 105 Å². The summed E-state index contributed by atoms with van der Waals surface area (Å²) in [6, 6.07) is 0. The molecule has 0 saturated carbocycles. The monoisotopic (exact) mass is 312 g/mol. The second-order valence-electron chi connectivity index (χ2n) is 7.14. The van der Waals surface area contributed by atoms with Crippen LogP contribution < -0.4 is 0 Å². The van der Waals surface area contributed by atoms with E-state index >= 15 is 0 Å². The fraction of sp³-hybridized carbons (Fsp3) is 0.950. The Morgan fingerprint density at radius 1 is 0.818 bits per heavy atom. The Bertz CT molecular complexity index is 262. The average molecular weight is 313 g/mol. The molecular weight excluding hydrogens is 272 g/mol. The third kappa shape index (κ3) is 10.2.